The van der Waals surface area contributed by atoms with Gasteiger partial charge in [-0.25, -0.2) is 0 Å². The van der Waals surface area contributed by atoms with Crippen molar-refractivity contribution in [1.82, 2.24) is 0 Å². The van der Waals surface area contributed by atoms with Crippen LogP contribution in [0.25, 0.3) is 0 Å². The quantitative estimate of drug-likeness (QED) is 0.725. The number of carbonyl (C=O) groups excluding carboxylic acids is 2. The molecule has 1 spiro atoms. The van der Waals surface area contributed by atoms with Gasteiger partial charge in [0.15, 0.2) is 5.78 Å². The Balaban J connectivity index is 1.96. The molecule has 20 heavy (non-hydrogen) atoms. The zero-order valence-electron chi connectivity index (χ0n) is 11.5. The van der Waals surface area contributed by atoms with Gasteiger partial charge in [-0.3, -0.25) is 9.59 Å². The van der Waals surface area contributed by atoms with Crippen LogP contribution in [0.15, 0.2) is 24.2 Å². The first kappa shape index (κ1) is 13.2. The van der Waals surface area contributed by atoms with Crippen molar-refractivity contribution >= 4 is 11.8 Å². The number of fused-ring (bicyclic) bond motifs is 1. The van der Waals surface area contributed by atoms with Crippen LogP contribution in [0.1, 0.15) is 39.0 Å². The van der Waals surface area contributed by atoms with E-state index in [0.717, 1.165) is 5.57 Å². The molecule has 5 nitrogen and oxygen atoms in total. The Kier molecular flexibility index (Phi) is 3.07. The molecule has 1 heterocycles. The number of ketones is 1. The predicted molar refractivity (Wildman–Crippen MR) is 69.3 cm³/mol. The molecule has 0 unspecified atom stereocenters. The number of ether oxygens (including phenoxy) is 3. The summed E-state index contributed by atoms with van der Waals surface area (Å²) in [4.78, 5) is 24.1. The van der Waals surface area contributed by atoms with Crippen molar-refractivity contribution in [2.45, 2.75) is 44.8 Å². The lowest BCUT2D eigenvalue weighted by atomic mass is 9.62. The molecule has 0 aromatic carbocycles. The van der Waals surface area contributed by atoms with Crippen molar-refractivity contribution in [1.29, 1.82) is 0 Å². The third-order valence-corrected chi connectivity index (χ3v) is 4.38. The average molecular weight is 278 g/mol. The number of allylic oxidation sites excluding steroid dienone is 1. The normalized spacial score (nSPS) is 30.2. The molecule has 0 N–H and O–H groups in total. The Morgan fingerprint density at radius 1 is 1.30 bits per heavy atom. The molecule has 0 saturated heterocycles. The van der Waals surface area contributed by atoms with Gasteiger partial charge in [-0.1, -0.05) is 0 Å². The van der Waals surface area contributed by atoms with Gasteiger partial charge in [-0.05, 0) is 31.4 Å². The van der Waals surface area contributed by atoms with Crippen LogP contribution in [0.2, 0.25) is 0 Å². The highest BCUT2D eigenvalue weighted by Gasteiger charge is 2.57. The third kappa shape index (κ3) is 1.92. The summed E-state index contributed by atoms with van der Waals surface area (Å²) in [6, 6.07) is 0. The zero-order valence-corrected chi connectivity index (χ0v) is 11.5. The monoisotopic (exact) mass is 278 g/mol. The Morgan fingerprint density at radius 3 is 2.75 bits per heavy atom. The van der Waals surface area contributed by atoms with Crippen LogP contribution in [0.5, 0.6) is 0 Å². The minimum Gasteiger partial charge on any atom is -0.465 e. The molecule has 0 bridgehead atoms. The molecule has 3 aliphatic rings. The summed E-state index contributed by atoms with van der Waals surface area (Å²) >= 11 is 0. The second-order valence-corrected chi connectivity index (χ2v) is 5.53. The molecule has 0 aromatic rings. The van der Waals surface area contributed by atoms with Crippen molar-refractivity contribution in [3.05, 3.63) is 24.2 Å². The topological polar surface area (TPSA) is 61.8 Å². The Hall–Kier alpha value is -1.78. The molecular formula is C15H18O5. The summed E-state index contributed by atoms with van der Waals surface area (Å²) < 4.78 is 16.4. The summed E-state index contributed by atoms with van der Waals surface area (Å²) in [6.07, 6.45) is 7.16. The van der Waals surface area contributed by atoms with E-state index in [1.165, 1.54) is 12.5 Å². The lowest BCUT2D eigenvalue weighted by Crippen LogP contribution is -2.49. The fraction of sp³-hybridized carbons (Fsp3) is 0.600. The number of hydrogen-bond acceptors (Lipinski definition) is 5. The van der Waals surface area contributed by atoms with Crippen LogP contribution in [-0.2, 0) is 23.8 Å². The molecule has 0 radical (unpaired) electrons. The van der Waals surface area contributed by atoms with E-state index in [-0.39, 0.29) is 11.8 Å². The highest BCUT2D eigenvalue weighted by molar-refractivity contribution is 5.95. The maximum Gasteiger partial charge on any atom is 0.316 e. The summed E-state index contributed by atoms with van der Waals surface area (Å²) in [6.45, 7) is 2.11. The van der Waals surface area contributed by atoms with Crippen LogP contribution in [0, 0.1) is 5.41 Å². The summed E-state index contributed by atoms with van der Waals surface area (Å²) in [5.41, 5.74) is 0.102. The molecule has 2 aliphatic carbocycles. The van der Waals surface area contributed by atoms with E-state index >= 15 is 0 Å². The van der Waals surface area contributed by atoms with E-state index in [0.29, 0.717) is 38.7 Å². The van der Waals surface area contributed by atoms with Gasteiger partial charge < -0.3 is 14.2 Å². The molecule has 5 heteroatoms. The molecule has 1 saturated carbocycles. The Bertz CT molecular complexity index is 496. The lowest BCUT2D eigenvalue weighted by molar-refractivity contribution is -0.194. The lowest BCUT2D eigenvalue weighted by Gasteiger charge is -2.45. The third-order valence-electron chi connectivity index (χ3n) is 4.38. The first-order valence-corrected chi connectivity index (χ1v) is 7.02. The van der Waals surface area contributed by atoms with Crippen molar-refractivity contribution in [2.75, 3.05) is 6.61 Å². The minimum absolute atomic E-state index is 0.0854. The van der Waals surface area contributed by atoms with E-state index in [9.17, 15) is 9.59 Å². The predicted octanol–water partition coefficient (Wildman–Crippen LogP) is 2.22. The van der Waals surface area contributed by atoms with Gasteiger partial charge in [0.25, 0.3) is 5.79 Å². The first-order valence-electron chi connectivity index (χ1n) is 7.02. The summed E-state index contributed by atoms with van der Waals surface area (Å²) in [7, 11) is 0. The summed E-state index contributed by atoms with van der Waals surface area (Å²) in [5.74, 6) is -0.955. The van der Waals surface area contributed by atoms with Crippen LogP contribution in [0.4, 0.5) is 0 Å². The van der Waals surface area contributed by atoms with Crippen LogP contribution in [-0.4, -0.2) is 24.1 Å². The highest BCUT2D eigenvalue weighted by atomic mass is 16.7. The van der Waals surface area contributed by atoms with Crippen LogP contribution >= 0.6 is 0 Å². The van der Waals surface area contributed by atoms with E-state index in [1.807, 2.05) is 0 Å². The standard InChI is InChI=1S/C15H18O5/c1-2-18-13(17)14-5-4-12(16)9-11(14)3-6-15(10-14)19-7-8-20-15/h7-9H,2-6,10H2,1H3/t14-/m0/s1. The summed E-state index contributed by atoms with van der Waals surface area (Å²) in [5, 5.41) is 0. The van der Waals surface area contributed by atoms with Crippen molar-refractivity contribution in [3.8, 4) is 0 Å². The second-order valence-electron chi connectivity index (χ2n) is 5.53. The fourth-order valence-corrected chi connectivity index (χ4v) is 3.40. The maximum atomic E-state index is 12.5. The van der Waals surface area contributed by atoms with Gasteiger partial charge in [0.1, 0.15) is 12.5 Å². The van der Waals surface area contributed by atoms with Crippen molar-refractivity contribution in [2.24, 2.45) is 5.41 Å². The van der Waals surface area contributed by atoms with Crippen LogP contribution in [0.3, 0.4) is 0 Å². The molecular weight excluding hydrogens is 260 g/mol. The number of rotatable bonds is 2. The van der Waals surface area contributed by atoms with E-state index in [2.05, 4.69) is 0 Å². The second kappa shape index (κ2) is 4.65. The SMILES string of the molecule is CCOC(=O)[C@]12CCC(=O)C=C1CCC1(C2)OC=CO1. The molecule has 1 fully saturated rings. The molecule has 0 amide bonds. The van der Waals surface area contributed by atoms with Gasteiger partial charge in [-0.2, -0.15) is 0 Å². The van der Waals surface area contributed by atoms with Crippen LogP contribution < -0.4 is 0 Å². The van der Waals surface area contributed by atoms with Gasteiger partial charge in [0.05, 0.1) is 12.0 Å². The molecule has 0 aromatic heterocycles. The Labute approximate surface area is 117 Å². The number of esters is 1. The average Bonchev–Trinajstić information content (AvgIpc) is 2.88. The molecule has 1 atom stereocenters. The molecule has 108 valence electrons. The van der Waals surface area contributed by atoms with Gasteiger partial charge in [0.2, 0.25) is 0 Å². The number of hydrogen-bond donors (Lipinski definition) is 0. The van der Waals surface area contributed by atoms with Gasteiger partial charge in [0, 0.05) is 19.3 Å². The van der Waals surface area contributed by atoms with Crippen molar-refractivity contribution in [3.63, 3.8) is 0 Å². The van der Waals surface area contributed by atoms with E-state index in [1.54, 1.807) is 13.0 Å². The maximum absolute atomic E-state index is 12.5. The van der Waals surface area contributed by atoms with Crippen molar-refractivity contribution < 1.29 is 23.8 Å². The largest absolute Gasteiger partial charge is 0.465 e. The fourth-order valence-electron chi connectivity index (χ4n) is 3.40. The number of carbonyl (C=O) groups is 2. The van der Waals surface area contributed by atoms with Gasteiger partial charge in [-0.15, -0.1) is 0 Å². The van der Waals surface area contributed by atoms with E-state index in [4.69, 9.17) is 14.2 Å². The zero-order chi connectivity index (χ0) is 14.2. The Morgan fingerprint density at radius 2 is 2.05 bits per heavy atom. The van der Waals surface area contributed by atoms with Gasteiger partial charge >= 0.3 is 5.97 Å². The minimum atomic E-state index is -0.773. The smallest absolute Gasteiger partial charge is 0.316 e. The first-order chi connectivity index (χ1) is 9.60. The molecule has 1 aliphatic heterocycles. The molecule has 3 rings (SSSR count). The van der Waals surface area contributed by atoms with E-state index < -0.39 is 11.2 Å². The highest BCUT2D eigenvalue weighted by Crippen LogP contribution is 2.53.